The highest BCUT2D eigenvalue weighted by Crippen LogP contribution is 2.19. The first kappa shape index (κ1) is 13.0. The van der Waals surface area contributed by atoms with Crippen LogP contribution in [0.2, 0.25) is 0 Å². The lowest BCUT2D eigenvalue weighted by molar-refractivity contribution is 0.595. The summed E-state index contributed by atoms with van der Waals surface area (Å²) in [7, 11) is -0.427. The third kappa shape index (κ3) is 3.78. The van der Waals surface area contributed by atoms with Crippen molar-refractivity contribution in [2.45, 2.75) is 4.90 Å². The number of rotatable bonds is 4. The molecule has 0 aliphatic rings. The lowest BCUT2D eigenvalue weighted by Crippen LogP contribution is -2.10. The summed E-state index contributed by atoms with van der Waals surface area (Å²) >= 11 is 0. The lowest BCUT2D eigenvalue weighted by Gasteiger charge is -2.03. The zero-order valence-corrected chi connectivity index (χ0v) is 10.2. The van der Waals surface area contributed by atoms with Gasteiger partial charge in [0, 0.05) is 24.7 Å². The first-order chi connectivity index (χ1) is 7.95. The summed E-state index contributed by atoms with van der Waals surface area (Å²) < 4.78 is 26.9. The number of benzene rings is 1. The highest BCUT2D eigenvalue weighted by Gasteiger charge is 2.11. The van der Waals surface area contributed by atoms with Crippen LogP contribution >= 0.6 is 0 Å². The fourth-order valence-electron chi connectivity index (χ4n) is 0.975. The van der Waals surface area contributed by atoms with Crippen molar-refractivity contribution in [3.05, 3.63) is 34.7 Å². The standard InChI is InChI=1S/C9H11N5O2S/c1-14(2)7-11-17(15,16)9-5-3-4-8(6-9)12-13-10/h3-7H,1-2H3. The van der Waals surface area contributed by atoms with Gasteiger partial charge in [-0.15, -0.1) is 4.40 Å². The Labute approximate surface area is 99.1 Å². The maximum absolute atomic E-state index is 11.7. The van der Waals surface area contributed by atoms with Crippen LogP contribution in [-0.4, -0.2) is 33.8 Å². The Balaban J connectivity index is 3.15. The molecule has 1 rings (SSSR count). The van der Waals surface area contributed by atoms with E-state index in [-0.39, 0.29) is 10.6 Å². The first-order valence-corrected chi connectivity index (χ1v) is 6.02. The quantitative estimate of drug-likeness (QED) is 0.269. The summed E-state index contributed by atoms with van der Waals surface area (Å²) in [5.74, 6) is 0. The average Bonchev–Trinajstić information content (AvgIpc) is 2.27. The molecule has 0 atom stereocenters. The Hall–Kier alpha value is -2.05. The van der Waals surface area contributed by atoms with Crippen LogP contribution in [0.15, 0.2) is 38.7 Å². The Morgan fingerprint density at radius 1 is 1.41 bits per heavy atom. The molecule has 0 heterocycles. The van der Waals surface area contributed by atoms with Gasteiger partial charge >= 0.3 is 0 Å². The van der Waals surface area contributed by atoms with Crippen LogP contribution in [0.1, 0.15) is 0 Å². The molecule has 8 heteroatoms. The fraction of sp³-hybridized carbons (Fsp3) is 0.222. The minimum Gasteiger partial charge on any atom is -0.368 e. The fourth-order valence-corrected chi connectivity index (χ4v) is 1.93. The van der Waals surface area contributed by atoms with E-state index in [0.29, 0.717) is 0 Å². The second-order valence-corrected chi connectivity index (χ2v) is 4.98. The van der Waals surface area contributed by atoms with E-state index in [1.165, 1.54) is 35.5 Å². The smallest absolute Gasteiger partial charge is 0.283 e. The maximum Gasteiger partial charge on any atom is 0.283 e. The number of azide groups is 1. The minimum atomic E-state index is -3.75. The summed E-state index contributed by atoms with van der Waals surface area (Å²) in [6, 6.07) is 5.65. The van der Waals surface area contributed by atoms with Crippen molar-refractivity contribution in [2.75, 3.05) is 14.1 Å². The number of nitrogens with zero attached hydrogens (tertiary/aromatic N) is 5. The molecule has 0 aliphatic carbocycles. The van der Waals surface area contributed by atoms with Crippen molar-refractivity contribution >= 4 is 22.0 Å². The van der Waals surface area contributed by atoms with Crippen LogP contribution in [-0.2, 0) is 10.0 Å². The molecule has 0 aliphatic heterocycles. The van der Waals surface area contributed by atoms with Crippen LogP contribution in [0.4, 0.5) is 5.69 Å². The van der Waals surface area contributed by atoms with E-state index < -0.39 is 10.0 Å². The van der Waals surface area contributed by atoms with Crippen LogP contribution in [0.5, 0.6) is 0 Å². The highest BCUT2D eigenvalue weighted by molar-refractivity contribution is 7.90. The zero-order valence-electron chi connectivity index (χ0n) is 9.35. The maximum atomic E-state index is 11.7. The summed E-state index contributed by atoms with van der Waals surface area (Å²) in [6.45, 7) is 0. The molecule has 0 amide bonds. The van der Waals surface area contributed by atoms with E-state index in [0.717, 1.165) is 0 Å². The van der Waals surface area contributed by atoms with E-state index in [1.54, 1.807) is 14.1 Å². The number of hydrogen-bond acceptors (Lipinski definition) is 3. The van der Waals surface area contributed by atoms with Crippen LogP contribution in [0, 0.1) is 0 Å². The molecule has 0 bridgehead atoms. The molecule has 1 aromatic rings. The summed E-state index contributed by atoms with van der Waals surface area (Å²) in [6.07, 6.45) is 1.19. The molecule has 0 radical (unpaired) electrons. The average molecular weight is 253 g/mol. The summed E-state index contributed by atoms with van der Waals surface area (Å²) in [4.78, 5) is 4.08. The molecule has 0 fully saturated rings. The van der Waals surface area contributed by atoms with Crippen molar-refractivity contribution in [3.63, 3.8) is 0 Å². The molecular weight excluding hydrogens is 242 g/mol. The lowest BCUT2D eigenvalue weighted by atomic mass is 10.3. The largest absolute Gasteiger partial charge is 0.368 e. The summed E-state index contributed by atoms with van der Waals surface area (Å²) in [5.41, 5.74) is 8.49. The zero-order chi connectivity index (χ0) is 12.9. The minimum absolute atomic E-state index is 0.0134. The Bertz CT molecular complexity index is 573. The molecule has 0 unspecified atom stereocenters. The van der Waals surface area contributed by atoms with Gasteiger partial charge in [0.2, 0.25) is 0 Å². The van der Waals surface area contributed by atoms with Gasteiger partial charge in [-0.3, -0.25) is 0 Å². The van der Waals surface area contributed by atoms with Gasteiger partial charge in [0.05, 0.1) is 4.90 Å². The normalized spacial score (nSPS) is 11.2. The van der Waals surface area contributed by atoms with Crippen molar-refractivity contribution in [2.24, 2.45) is 9.51 Å². The monoisotopic (exact) mass is 253 g/mol. The SMILES string of the molecule is CN(C)C=NS(=O)(=O)c1cccc(N=[N+]=[N-])c1. The molecule has 0 aromatic heterocycles. The van der Waals surface area contributed by atoms with Gasteiger partial charge in [0.25, 0.3) is 10.0 Å². The Kier molecular flexibility index (Phi) is 4.08. The molecule has 0 saturated heterocycles. The first-order valence-electron chi connectivity index (χ1n) is 4.58. The van der Waals surface area contributed by atoms with Gasteiger partial charge in [-0.25, -0.2) is 0 Å². The van der Waals surface area contributed by atoms with Crippen molar-refractivity contribution in [1.82, 2.24) is 4.90 Å². The Morgan fingerprint density at radius 2 is 2.12 bits per heavy atom. The van der Waals surface area contributed by atoms with Crippen molar-refractivity contribution in [1.29, 1.82) is 0 Å². The van der Waals surface area contributed by atoms with E-state index in [1.807, 2.05) is 0 Å². The highest BCUT2D eigenvalue weighted by atomic mass is 32.2. The van der Waals surface area contributed by atoms with Gasteiger partial charge in [-0.2, -0.15) is 8.42 Å². The topological polar surface area (TPSA) is 98.5 Å². The molecule has 0 saturated carbocycles. The van der Waals surface area contributed by atoms with E-state index in [9.17, 15) is 8.42 Å². The molecule has 17 heavy (non-hydrogen) atoms. The molecule has 90 valence electrons. The molecule has 0 N–H and O–H groups in total. The van der Waals surface area contributed by atoms with Crippen LogP contribution in [0.25, 0.3) is 10.4 Å². The molecule has 0 spiro atoms. The van der Waals surface area contributed by atoms with Crippen molar-refractivity contribution < 1.29 is 8.42 Å². The van der Waals surface area contributed by atoms with Gasteiger partial charge in [0.1, 0.15) is 6.34 Å². The predicted octanol–water partition coefficient (Wildman–Crippen LogP) is 1.91. The Morgan fingerprint density at radius 3 is 2.71 bits per heavy atom. The van der Waals surface area contributed by atoms with Gasteiger partial charge < -0.3 is 4.90 Å². The predicted molar refractivity (Wildman–Crippen MR) is 64.6 cm³/mol. The van der Waals surface area contributed by atoms with Crippen LogP contribution in [0.3, 0.4) is 0 Å². The molecule has 1 aromatic carbocycles. The third-order valence-corrected chi connectivity index (χ3v) is 2.91. The van der Waals surface area contributed by atoms with Crippen LogP contribution < -0.4 is 0 Å². The number of hydrogen-bond donors (Lipinski definition) is 0. The second kappa shape index (κ2) is 5.33. The molecular formula is C9H11N5O2S. The second-order valence-electron chi connectivity index (χ2n) is 3.35. The van der Waals surface area contributed by atoms with E-state index in [2.05, 4.69) is 14.4 Å². The van der Waals surface area contributed by atoms with Gasteiger partial charge in [-0.05, 0) is 17.7 Å². The summed E-state index contributed by atoms with van der Waals surface area (Å²) in [5, 5.41) is 3.33. The van der Waals surface area contributed by atoms with Crippen molar-refractivity contribution in [3.8, 4) is 0 Å². The van der Waals surface area contributed by atoms with E-state index in [4.69, 9.17) is 5.53 Å². The van der Waals surface area contributed by atoms with Gasteiger partial charge in [0.15, 0.2) is 0 Å². The van der Waals surface area contributed by atoms with E-state index >= 15 is 0 Å². The molecule has 7 nitrogen and oxygen atoms in total. The third-order valence-electron chi connectivity index (χ3n) is 1.69. The van der Waals surface area contributed by atoms with Gasteiger partial charge in [-0.1, -0.05) is 17.2 Å². The number of sulfonamides is 1.